The first-order chi connectivity index (χ1) is 24.4. The minimum Gasteiger partial charge on any atom is -0.480 e. The molecule has 0 aliphatic carbocycles. The van der Waals surface area contributed by atoms with Crippen LogP contribution in [0.3, 0.4) is 0 Å². The second-order valence-corrected chi connectivity index (χ2v) is 12.0. The molecule has 0 aromatic rings. The molecule has 1 aliphatic rings. The molecule has 1 heterocycles. The number of carbonyl (C=O) groups is 7. The number of aliphatic imine (C=N–C) groups is 2. The molecule has 0 aromatic heterocycles. The molecular formula is C29H53N13O10. The number of aliphatic hydroxyl groups excluding tert-OH is 2. The van der Waals surface area contributed by atoms with Gasteiger partial charge in [-0.05, 0) is 52.4 Å². The van der Waals surface area contributed by atoms with Crippen LogP contribution >= 0.6 is 0 Å². The van der Waals surface area contributed by atoms with Crippen molar-refractivity contribution in [1.82, 2.24) is 31.5 Å². The third kappa shape index (κ3) is 15.3. The molecular weight excluding hydrogens is 690 g/mol. The number of nitrogens with one attached hydrogen (secondary N) is 5. The second-order valence-electron chi connectivity index (χ2n) is 12.0. The van der Waals surface area contributed by atoms with E-state index in [2.05, 4.69) is 36.6 Å². The molecule has 18 N–H and O–H groups in total. The summed E-state index contributed by atoms with van der Waals surface area (Å²) >= 11 is 0. The number of hydrogen-bond donors (Lipinski definition) is 13. The van der Waals surface area contributed by atoms with Crippen molar-refractivity contribution in [2.24, 2.45) is 38.7 Å². The van der Waals surface area contributed by atoms with Crippen molar-refractivity contribution >= 4 is 53.3 Å². The maximum absolute atomic E-state index is 13.5. The molecule has 23 heteroatoms. The van der Waals surface area contributed by atoms with Crippen LogP contribution in [-0.4, -0.2) is 149 Å². The predicted molar refractivity (Wildman–Crippen MR) is 185 cm³/mol. The van der Waals surface area contributed by atoms with Gasteiger partial charge in [0, 0.05) is 19.6 Å². The number of carbonyl (C=O) groups excluding carboxylic acids is 6. The Morgan fingerprint density at radius 3 is 1.85 bits per heavy atom. The summed E-state index contributed by atoms with van der Waals surface area (Å²) in [4.78, 5) is 97.9. The summed E-state index contributed by atoms with van der Waals surface area (Å²) in [6, 6.07) is -8.07. The molecule has 1 aliphatic heterocycles. The minimum atomic E-state index is -1.65. The molecule has 0 spiro atoms. The van der Waals surface area contributed by atoms with Gasteiger partial charge >= 0.3 is 5.97 Å². The SMILES string of the molecule is C[C@H](NC(=O)[C@@H]1CCCN1C(=O)[C@H](CO)NC(=O)[C@@H](NC(=O)[C@H](CCCN=C(N)N)NC(=O)CN)[C@@H](C)O)C(=O)N[C@@H](CCCN=C(N)N)C(=O)O. The number of aliphatic carboxylic acids is 1. The van der Waals surface area contributed by atoms with Crippen LogP contribution in [0, 0.1) is 0 Å². The van der Waals surface area contributed by atoms with Crippen molar-refractivity contribution in [3.63, 3.8) is 0 Å². The Kier molecular flexibility index (Phi) is 19.4. The van der Waals surface area contributed by atoms with Gasteiger partial charge in [-0.2, -0.15) is 0 Å². The molecule has 7 atom stereocenters. The highest BCUT2D eigenvalue weighted by atomic mass is 16.4. The van der Waals surface area contributed by atoms with Gasteiger partial charge in [0.25, 0.3) is 0 Å². The average Bonchev–Trinajstić information content (AvgIpc) is 3.57. The highest BCUT2D eigenvalue weighted by molar-refractivity contribution is 5.97. The number of guanidine groups is 2. The molecule has 1 saturated heterocycles. The van der Waals surface area contributed by atoms with Gasteiger partial charge in [-0.25, -0.2) is 4.79 Å². The standard InChI is InChI=1S/C29H53N13O10/c1-14(22(46)39-17(27(51)52)7-4-10-36-29(33)34)37-24(48)19-8-5-11-42(19)26(50)18(13-43)40-25(49)21(15(2)44)41-23(47)16(38-20(45)12-30)6-3-9-35-28(31)32/h14-19,21,43-44H,3-13,30H2,1-2H3,(H,37,48)(H,38,45)(H,39,46)(H,40,49)(H,41,47)(H,51,52)(H4,31,32,35)(H4,33,34,36)/t14-,15+,16-,17-,18-,19-,21-/m0/s1. The molecule has 0 unspecified atom stereocenters. The summed E-state index contributed by atoms with van der Waals surface area (Å²) in [5.74, 6) is -6.65. The maximum atomic E-state index is 13.5. The maximum Gasteiger partial charge on any atom is 0.326 e. The summed E-state index contributed by atoms with van der Waals surface area (Å²) in [5.41, 5.74) is 26.4. The number of likely N-dealkylation sites (tertiary alicyclic amines) is 1. The third-order valence-corrected chi connectivity index (χ3v) is 7.79. The fourth-order valence-corrected chi connectivity index (χ4v) is 5.07. The summed E-state index contributed by atoms with van der Waals surface area (Å²) < 4.78 is 0. The van der Waals surface area contributed by atoms with Gasteiger partial charge in [0.2, 0.25) is 35.4 Å². The van der Waals surface area contributed by atoms with E-state index >= 15 is 0 Å². The van der Waals surface area contributed by atoms with E-state index < -0.39 is 96.9 Å². The van der Waals surface area contributed by atoms with Crippen LogP contribution in [0.4, 0.5) is 0 Å². The number of amides is 6. The summed E-state index contributed by atoms with van der Waals surface area (Å²) in [7, 11) is 0. The van der Waals surface area contributed by atoms with Crippen LogP contribution < -0.4 is 55.3 Å². The van der Waals surface area contributed by atoms with Gasteiger partial charge in [0.15, 0.2) is 11.9 Å². The zero-order valence-corrected chi connectivity index (χ0v) is 29.2. The molecule has 0 radical (unpaired) electrons. The molecule has 6 amide bonds. The summed E-state index contributed by atoms with van der Waals surface area (Å²) in [6.07, 6.45) is -0.458. The fraction of sp³-hybridized carbons (Fsp3) is 0.690. The Balaban J connectivity index is 2.95. The summed E-state index contributed by atoms with van der Waals surface area (Å²) in [6.45, 7) is 1.48. The van der Waals surface area contributed by atoms with Crippen molar-refractivity contribution in [2.75, 3.05) is 32.8 Å². The number of aliphatic hydroxyl groups is 2. The zero-order chi connectivity index (χ0) is 39.5. The molecule has 1 rings (SSSR count). The van der Waals surface area contributed by atoms with Crippen molar-refractivity contribution in [1.29, 1.82) is 0 Å². The van der Waals surface area contributed by atoms with E-state index in [0.717, 1.165) is 4.90 Å². The Labute approximate surface area is 299 Å². The van der Waals surface area contributed by atoms with Crippen LogP contribution in [0.15, 0.2) is 9.98 Å². The molecule has 0 saturated carbocycles. The van der Waals surface area contributed by atoms with Crippen LogP contribution in [-0.2, 0) is 33.6 Å². The molecule has 0 aromatic carbocycles. The van der Waals surface area contributed by atoms with Crippen molar-refractivity contribution in [3.05, 3.63) is 0 Å². The number of carboxylic acids is 1. The predicted octanol–water partition coefficient (Wildman–Crippen LogP) is -7.06. The molecule has 23 nitrogen and oxygen atoms in total. The van der Waals surface area contributed by atoms with E-state index in [9.17, 15) is 48.9 Å². The van der Waals surface area contributed by atoms with E-state index in [1.54, 1.807) is 0 Å². The van der Waals surface area contributed by atoms with E-state index in [-0.39, 0.29) is 63.7 Å². The third-order valence-electron chi connectivity index (χ3n) is 7.79. The molecule has 0 bridgehead atoms. The van der Waals surface area contributed by atoms with Gasteiger partial charge in [-0.1, -0.05) is 0 Å². The number of nitrogens with two attached hydrogens (primary N) is 5. The molecule has 52 heavy (non-hydrogen) atoms. The Bertz CT molecular complexity index is 1320. The molecule has 1 fully saturated rings. The fourth-order valence-electron chi connectivity index (χ4n) is 5.07. The zero-order valence-electron chi connectivity index (χ0n) is 29.2. The second kappa shape index (κ2) is 22.5. The van der Waals surface area contributed by atoms with E-state index in [1.807, 2.05) is 0 Å². The first-order valence-corrected chi connectivity index (χ1v) is 16.6. The average molecular weight is 744 g/mol. The number of hydrogen-bond acceptors (Lipinski definition) is 12. The van der Waals surface area contributed by atoms with Gasteiger partial charge in [-0.15, -0.1) is 0 Å². The molecule has 294 valence electrons. The van der Waals surface area contributed by atoms with Crippen molar-refractivity contribution in [2.45, 2.75) is 94.7 Å². The largest absolute Gasteiger partial charge is 0.480 e. The van der Waals surface area contributed by atoms with Gasteiger partial charge < -0.3 is 75.5 Å². The number of rotatable bonds is 22. The lowest BCUT2D eigenvalue weighted by Gasteiger charge is -2.30. The Hall–Kier alpha value is -5.29. The van der Waals surface area contributed by atoms with Crippen LogP contribution in [0.25, 0.3) is 0 Å². The van der Waals surface area contributed by atoms with E-state index in [1.165, 1.54) is 13.8 Å². The lowest BCUT2D eigenvalue weighted by atomic mass is 10.1. The monoisotopic (exact) mass is 743 g/mol. The Morgan fingerprint density at radius 1 is 0.788 bits per heavy atom. The van der Waals surface area contributed by atoms with Crippen LogP contribution in [0.2, 0.25) is 0 Å². The Morgan fingerprint density at radius 2 is 1.35 bits per heavy atom. The number of nitrogens with zero attached hydrogens (tertiary/aromatic N) is 3. The van der Waals surface area contributed by atoms with E-state index in [0.29, 0.717) is 6.42 Å². The normalized spacial score (nSPS) is 17.2. The quantitative estimate of drug-likeness (QED) is 0.0278. The first-order valence-electron chi connectivity index (χ1n) is 16.6. The lowest BCUT2D eigenvalue weighted by Crippen LogP contribution is -2.61. The van der Waals surface area contributed by atoms with Gasteiger partial charge in [-0.3, -0.25) is 38.8 Å². The van der Waals surface area contributed by atoms with Crippen molar-refractivity contribution in [3.8, 4) is 0 Å². The van der Waals surface area contributed by atoms with Crippen LogP contribution in [0.5, 0.6) is 0 Å². The minimum absolute atomic E-state index is 0.00339. The lowest BCUT2D eigenvalue weighted by molar-refractivity contribution is -0.144. The van der Waals surface area contributed by atoms with E-state index in [4.69, 9.17) is 28.7 Å². The smallest absolute Gasteiger partial charge is 0.326 e. The summed E-state index contributed by atoms with van der Waals surface area (Å²) in [5, 5.41) is 41.7. The highest BCUT2D eigenvalue weighted by Gasteiger charge is 2.40. The first kappa shape index (κ1) is 44.7. The van der Waals surface area contributed by atoms with Gasteiger partial charge in [0.1, 0.15) is 36.3 Å². The van der Waals surface area contributed by atoms with Crippen LogP contribution in [0.1, 0.15) is 52.4 Å². The van der Waals surface area contributed by atoms with Gasteiger partial charge in [0.05, 0.1) is 19.3 Å². The topological polar surface area (TPSA) is 398 Å². The highest BCUT2D eigenvalue weighted by Crippen LogP contribution is 2.19. The number of carboxylic acid groups (broad SMARTS) is 1. The van der Waals surface area contributed by atoms with Crippen molar-refractivity contribution < 1.29 is 48.9 Å².